The van der Waals surface area contributed by atoms with Gasteiger partial charge >= 0.3 is 5.97 Å². The molecule has 2 aliphatic rings. The minimum absolute atomic E-state index is 0.0795. The highest BCUT2D eigenvalue weighted by Crippen LogP contribution is 2.22. The highest BCUT2D eigenvalue weighted by atomic mass is 32.2. The standard InChI is InChI=1S/C18H23N3O6S/c1-11-8-21(9-12(2)27-11)16(22)10-26-18(23)13(3)19-17-14-6-4-5-7-15(14)28(24,25)20-17/h4-7,11-13H,8-10H2,1-3H3,(H,19,20)/t11-,12+,13-/m0/s1. The van der Waals surface area contributed by atoms with Crippen LogP contribution in [0.4, 0.5) is 0 Å². The molecule has 3 atom stereocenters. The van der Waals surface area contributed by atoms with Crippen LogP contribution in [-0.4, -0.2) is 69.0 Å². The number of ether oxygens (including phenoxy) is 2. The molecule has 28 heavy (non-hydrogen) atoms. The monoisotopic (exact) mass is 409 g/mol. The van der Waals surface area contributed by atoms with E-state index in [0.29, 0.717) is 18.7 Å². The molecule has 1 amide bonds. The summed E-state index contributed by atoms with van der Waals surface area (Å²) in [4.78, 5) is 30.3. The molecular formula is C18H23N3O6S. The second-order valence-electron chi connectivity index (χ2n) is 6.92. The van der Waals surface area contributed by atoms with Crippen LogP contribution < -0.4 is 4.72 Å². The third kappa shape index (κ3) is 4.33. The van der Waals surface area contributed by atoms with Gasteiger partial charge in [-0.05, 0) is 32.9 Å². The van der Waals surface area contributed by atoms with E-state index in [4.69, 9.17) is 9.47 Å². The van der Waals surface area contributed by atoms with Crippen LogP contribution in [0, 0.1) is 0 Å². The average Bonchev–Trinajstić information content (AvgIpc) is 2.89. The number of carbonyl (C=O) groups is 2. The zero-order chi connectivity index (χ0) is 20.5. The molecule has 1 saturated heterocycles. The zero-order valence-corrected chi connectivity index (χ0v) is 16.7. The van der Waals surface area contributed by atoms with E-state index < -0.39 is 28.6 Å². The number of rotatable bonds is 4. The van der Waals surface area contributed by atoms with Gasteiger partial charge < -0.3 is 14.4 Å². The minimum Gasteiger partial charge on any atom is -0.454 e. The predicted octanol–water partition coefficient (Wildman–Crippen LogP) is 0.293. The van der Waals surface area contributed by atoms with Crippen molar-refractivity contribution in [3.63, 3.8) is 0 Å². The van der Waals surface area contributed by atoms with E-state index in [0.717, 1.165) is 0 Å². The summed E-state index contributed by atoms with van der Waals surface area (Å²) in [5, 5.41) is 0. The van der Waals surface area contributed by atoms with Gasteiger partial charge in [0.25, 0.3) is 15.9 Å². The number of sulfonamides is 1. The summed E-state index contributed by atoms with van der Waals surface area (Å²) in [5.74, 6) is -0.928. The summed E-state index contributed by atoms with van der Waals surface area (Å²) in [6.07, 6.45) is -0.159. The second-order valence-corrected chi connectivity index (χ2v) is 8.57. The Labute approximate surface area is 163 Å². The van der Waals surface area contributed by atoms with Gasteiger partial charge in [0.15, 0.2) is 6.61 Å². The van der Waals surface area contributed by atoms with Crippen LogP contribution in [-0.2, 0) is 29.1 Å². The van der Waals surface area contributed by atoms with Crippen molar-refractivity contribution in [2.24, 2.45) is 4.99 Å². The number of fused-ring (bicyclic) bond motifs is 1. The van der Waals surface area contributed by atoms with Crippen LogP contribution in [0.3, 0.4) is 0 Å². The molecular weight excluding hydrogens is 386 g/mol. The Kier molecular flexibility index (Phi) is 5.71. The molecule has 152 valence electrons. The van der Waals surface area contributed by atoms with Crippen LogP contribution in [0.5, 0.6) is 0 Å². The van der Waals surface area contributed by atoms with Crippen molar-refractivity contribution < 1.29 is 27.5 Å². The van der Waals surface area contributed by atoms with Crippen molar-refractivity contribution >= 4 is 27.7 Å². The molecule has 0 aromatic heterocycles. The fourth-order valence-electron chi connectivity index (χ4n) is 3.20. The van der Waals surface area contributed by atoms with Crippen molar-refractivity contribution in [1.29, 1.82) is 0 Å². The van der Waals surface area contributed by atoms with Crippen LogP contribution >= 0.6 is 0 Å². The van der Waals surface area contributed by atoms with Crippen LogP contribution in [0.1, 0.15) is 26.3 Å². The molecule has 2 aliphatic heterocycles. The second kappa shape index (κ2) is 7.88. The van der Waals surface area contributed by atoms with Gasteiger partial charge in [-0.25, -0.2) is 13.2 Å². The Morgan fingerprint density at radius 2 is 1.93 bits per heavy atom. The summed E-state index contributed by atoms with van der Waals surface area (Å²) < 4.78 is 37.2. The van der Waals surface area contributed by atoms with E-state index in [2.05, 4.69) is 9.71 Å². The fourth-order valence-corrected chi connectivity index (χ4v) is 4.44. The van der Waals surface area contributed by atoms with Crippen molar-refractivity contribution in [1.82, 2.24) is 9.62 Å². The first-order valence-electron chi connectivity index (χ1n) is 8.97. The fraction of sp³-hybridized carbons (Fsp3) is 0.500. The third-order valence-electron chi connectivity index (χ3n) is 4.44. The lowest BCUT2D eigenvalue weighted by Crippen LogP contribution is -2.49. The number of nitrogens with zero attached hydrogens (tertiary/aromatic N) is 2. The summed E-state index contributed by atoms with van der Waals surface area (Å²) in [6.45, 7) is 5.72. The maximum atomic E-state index is 12.3. The van der Waals surface area contributed by atoms with Gasteiger partial charge in [-0.2, -0.15) is 0 Å². The smallest absolute Gasteiger partial charge is 0.331 e. The number of carbonyl (C=O) groups excluding carboxylic acids is 2. The van der Waals surface area contributed by atoms with E-state index in [-0.39, 0.29) is 28.8 Å². The highest BCUT2D eigenvalue weighted by molar-refractivity contribution is 7.90. The van der Waals surface area contributed by atoms with Crippen molar-refractivity contribution in [3.05, 3.63) is 29.8 Å². The molecule has 2 heterocycles. The number of morpholine rings is 1. The summed E-state index contributed by atoms with van der Waals surface area (Å²) in [6, 6.07) is 5.39. The number of esters is 1. The lowest BCUT2D eigenvalue weighted by Gasteiger charge is -2.35. The quantitative estimate of drug-likeness (QED) is 0.715. The Balaban J connectivity index is 1.61. The van der Waals surface area contributed by atoms with E-state index >= 15 is 0 Å². The molecule has 0 unspecified atom stereocenters. The maximum absolute atomic E-state index is 12.3. The number of benzene rings is 1. The van der Waals surface area contributed by atoms with Gasteiger partial charge in [-0.15, -0.1) is 0 Å². The molecule has 0 radical (unpaired) electrons. The SMILES string of the molecule is C[C@@H]1CN(C(=O)COC(=O)[C@H](C)N=C2NS(=O)(=O)c3ccccc32)C[C@H](C)O1. The molecule has 0 bridgehead atoms. The number of nitrogens with one attached hydrogen (secondary N) is 1. The van der Waals surface area contributed by atoms with Gasteiger partial charge in [-0.1, -0.05) is 12.1 Å². The Morgan fingerprint density at radius 1 is 1.29 bits per heavy atom. The Bertz CT molecular complexity index is 904. The third-order valence-corrected chi connectivity index (χ3v) is 5.83. The summed E-state index contributed by atoms with van der Waals surface area (Å²) >= 11 is 0. The van der Waals surface area contributed by atoms with Gasteiger partial charge in [0.05, 0.1) is 17.1 Å². The normalized spacial score (nSPS) is 25.7. The van der Waals surface area contributed by atoms with Crippen molar-refractivity contribution in [2.75, 3.05) is 19.7 Å². The molecule has 0 spiro atoms. The number of aliphatic imine (C=N–C) groups is 1. The minimum atomic E-state index is -3.68. The Hall–Kier alpha value is -2.46. The predicted molar refractivity (Wildman–Crippen MR) is 100 cm³/mol. The van der Waals surface area contributed by atoms with E-state index in [1.165, 1.54) is 13.0 Å². The van der Waals surface area contributed by atoms with Gasteiger partial charge in [0.2, 0.25) is 0 Å². The molecule has 1 aromatic rings. The molecule has 10 heteroatoms. The van der Waals surface area contributed by atoms with E-state index in [1.807, 2.05) is 13.8 Å². The molecule has 1 aromatic carbocycles. The largest absolute Gasteiger partial charge is 0.454 e. The van der Waals surface area contributed by atoms with E-state index in [1.54, 1.807) is 23.1 Å². The highest BCUT2D eigenvalue weighted by Gasteiger charge is 2.32. The Morgan fingerprint density at radius 3 is 2.61 bits per heavy atom. The number of hydrogen-bond acceptors (Lipinski definition) is 7. The number of amidine groups is 1. The molecule has 3 rings (SSSR count). The topological polar surface area (TPSA) is 114 Å². The van der Waals surface area contributed by atoms with Gasteiger partial charge in [0.1, 0.15) is 11.9 Å². The van der Waals surface area contributed by atoms with Gasteiger partial charge in [-0.3, -0.25) is 14.5 Å². The van der Waals surface area contributed by atoms with Crippen LogP contribution in [0.2, 0.25) is 0 Å². The molecule has 0 aliphatic carbocycles. The molecule has 1 N–H and O–H groups in total. The molecule has 1 fully saturated rings. The van der Waals surface area contributed by atoms with Crippen molar-refractivity contribution in [3.8, 4) is 0 Å². The average molecular weight is 409 g/mol. The van der Waals surface area contributed by atoms with Crippen LogP contribution in [0.25, 0.3) is 0 Å². The van der Waals surface area contributed by atoms with Gasteiger partial charge in [0, 0.05) is 18.7 Å². The van der Waals surface area contributed by atoms with Crippen molar-refractivity contribution in [2.45, 2.75) is 43.9 Å². The first-order valence-corrected chi connectivity index (χ1v) is 10.5. The first kappa shape index (κ1) is 20.3. The lowest BCUT2D eigenvalue weighted by molar-refractivity contribution is -0.157. The maximum Gasteiger partial charge on any atom is 0.331 e. The number of hydrogen-bond donors (Lipinski definition) is 1. The summed E-state index contributed by atoms with van der Waals surface area (Å²) in [7, 11) is -3.68. The number of amides is 1. The zero-order valence-electron chi connectivity index (χ0n) is 15.9. The van der Waals surface area contributed by atoms with E-state index in [9.17, 15) is 18.0 Å². The first-order chi connectivity index (χ1) is 13.2. The van der Waals surface area contributed by atoms with Crippen LogP contribution in [0.15, 0.2) is 34.2 Å². The summed E-state index contributed by atoms with van der Waals surface area (Å²) in [5.41, 5.74) is 0.398. The molecule has 0 saturated carbocycles. The lowest BCUT2D eigenvalue weighted by atomic mass is 10.2. The molecule has 9 nitrogen and oxygen atoms in total.